The zero-order chi connectivity index (χ0) is 23.4. The number of aryl methyl sites for hydroxylation is 1. The van der Waals surface area contributed by atoms with E-state index >= 15 is 0 Å². The number of thioether (sulfide) groups is 1. The van der Waals surface area contributed by atoms with Crippen molar-refractivity contribution in [2.45, 2.75) is 13.3 Å². The number of nitrogens with zero attached hydrogens (tertiary/aromatic N) is 1. The van der Waals surface area contributed by atoms with Crippen molar-refractivity contribution < 1.29 is 29.7 Å². The maximum absolute atomic E-state index is 12.6. The molecule has 0 spiro atoms. The lowest BCUT2D eigenvalue weighted by Gasteiger charge is -2.14. The third kappa shape index (κ3) is 5.37. The van der Waals surface area contributed by atoms with E-state index in [2.05, 4.69) is 10.9 Å². The minimum absolute atomic E-state index is 0.0262. The minimum atomic E-state index is -0.824. The number of nitrogens with one attached hydrogen (secondary N) is 2. The molecule has 2 aromatic rings. The molecule has 0 atom stereocenters. The molecular formula is C21H19N3O6S2. The Morgan fingerprint density at radius 3 is 2.34 bits per heavy atom. The molecule has 1 aliphatic rings. The number of thiocarbonyl (C=S) groups is 1. The Morgan fingerprint density at radius 1 is 1.09 bits per heavy atom. The van der Waals surface area contributed by atoms with Crippen molar-refractivity contribution >= 4 is 52.1 Å². The number of phenolic OH excluding ortho intramolecular Hbond substituents is 3. The first-order chi connectivity index (χ1) is 15.2. The first-order valence-electron chi connectivity index (χ1n) is 9.32. The Kier molecular flexibility index (Phi) is 7.01. The molecule has 166 valence electrons. The summed E-state index contributed by atoms with van der Waals surface area (Å²) >= 11 is 6.40. The summed E-state index contributed by atoms with van der Waals surface area (Å²) in [7, 11) is 0. The van der Waals surface area contributed by atoms with Gasteiger partial charge in [-0.15, -0.1) is 0 Å². The van der Waals surface area contributed by atoms with E-state index < -0.39 is 29.1 Å². The highest BCUT2D eigenvalue weighted by Gasteiger charge is 2.32. The van der Waals surface area contributed by atoms with Crippen molar-refractivity contribution in [3.05, 3.63) is 58.0 Å². The summed E-state index contributed by atoms with van der Waals surface area (Å²) in [6.45, 7) is 1.99. The molecule has 5 N–H and O–H groups in total. The van der Waals surface area contributed by atoms with Crippen molar-refractivity contribution in [3.8, 4) is 17.2 Å². The second kappa shape index (κ2) is 9.71. The molecule has 3 rings (SSSR count). The molecule has 3 amide bonds. The van der Waals surface area contributed by atoms with Crippen molar-refractivity contribution in [2.24, 2.45) is 0 Å². The number of rotatable bonds is 5. The van der Waals surface area contributed by atoms with Gasteiger partial charge in [0, 0.05) is 18.5 Å². The average molecular weight is 474 g/mol. The fraction of sp³-hybridized carbons (Fsp3) is 0.143. The molecule has 1 heterocycles. The number of hydrazine groups is 1. The Labute approximate surface area is 192 Å². The molecule has 2 aromatic carbocycles. The van der Waals surface area contributed by atoms with Crippen LogP contribution in [0.3, 0.4) is 0 Å². The maximum atomic E-state index is 12.6. The van der Waals surface area contributed by atoms with Crippen LogP contribution in [0.5, 0.6) is 17.2 Å². The van der Waals surface area contributed by atoms with Crippen LogP contribution in [0, 0.1) is 6.92 Å². The van der Waals surface area contributed by atoms with Crippen LogP contribution in [0.15, 0.2) is 41.3 Å². The molecule has 32 heavy (non-hydrogen) atoms. The number of hydrogen-bond donors (Lipinski definition) is 5. The molecule has 0 bridgehead atoms. The number of aromatic hydroxyl groups is 3. The van der Waals surface area contributed by atoms with Crippen LogP contribution in [0.4, 0.5) is 0 Å². The van der Waals surface area contributed by atoms with Gasteiger partial charge in [-0.25, -0.2) is 0 Å². The van der Waals surface area contributed by atoms with Gasteiger partial charge in [0.25, 0.3) is 11.8 Å². The SMILES string of the molecule is Cc1ccc(C=C2SC(=S)N(CCC(=O)NNC(=O)c3cc(O)c(O)c(O)c3)C2=O)cc1. The lowest BCUT2D eigenvalue weighted by Crippen LogP contribution is -2.43. The zero-order valence-corrected chi connectivity index (χ0v) is 18.4. The molecule has 0 aromatic heterocycles. The Bertz CT molecular complexity index is 1110. The topological polar surface area (TPSA) is 139 Å². The van der Waals surface area contributed by atoms with E-state index in [4.69, 9.17) is 12.2 Å². The number of carbonyl (C=O) groups excluding carboxylic acids is 3. The predicted molar refractivity (Wildman–Crippen MR) is 123 cm³/mol. The number of hydrogen-bond acceptors (Lipinski definition) is 8. The number of phenols is 3. The molecule has 9 nitrogen and oxygen atoms in total. The van der Waals surface area contributed by atoms with Gasteiger partial charge in [0.15, 0.2) is 17.2 Å². The lowest BCUT2D eigenvalue weighted by atomic mass is 10.1. The molecule has 1 aliphatic heterocycles. The van der Waals surface area contributed by atoms with Crippen LogP contribution in [0.25, 0.3) is 6.08 Å². The minimum Gasteiger partial charge on any atom is -0.504 e. The highest BCUT2D eigenvalue weighted by atomic mass is 32.2. The van der Waals surface area contributed by atoms with Gasteiger partial charge in [0.05, 0.1) is 4.91 Å². The summed E-state index contributed by atoms with van der Waals surface area (Å²) in [5, 5.41) is 28.2. The fourth-order valence-corrected chi connectivity index (χ4v) is 4.03. The van der Waals surface area contributed by atoms with Crippen LogP contribution < -0.4 is 10.9 Å². The van der Waals surface area contributed by atoms with Crippen LogP contribution in [-0.2, 0) is 9.59 Å². The number of benzene rings is 2. The average Bonchev–Trinajstić information content (AvgIpc) is 3.02. The quantitative estimate of drug-likeness (QED) is 0.193. The summed E-state index contributed by atoms with van der Waals surface area (Å²) in [6, 6.07) is 9.52. The Hall–Kier alpha value is -3.57. The van der Waals surface area contributed by atoms with Gasteiger partial charge in [0.2, 0.25) is 5.91 Å². The van der Waals surface area contributed by atoms with Gasteiger partial charge in [-0.05, 0) is 30.7 Å². The Balaban J connectivity index is 1.53. The van der Waals surface area contributed by atoms with E-state index in [0.29, 0.717) is 9.23 Å². The van der Waals surface area contributed by atoms with Gasteiger partial charge in [-0.2, -0.15) is 0 Å². The molecule has 0 aliphatic carbocycles. The standard InChI is InChI=1S/C21H19N3O6S2/c1-11-2-4-12(5-3-11)8-16-20(30)24(21(31)32-16)7-6-17(27)22-23-19(29)13-9-14(25)18(28)15(26)10-13/h2-5,8-10,25-26,28H,6-7H2,1H3,(H,22,27)(H,23,29). The largest absolute Gasteiger partial charge is 0.504 e. The molecule has 11 heteroatoms. The van der Waals surface area contributed by atoms with E-state index in [1.807, 2.05) is 31.2 Å². The molecule has 0 saturated carbocycles. The smallest absolute Gasteiger partial charge is 0.269 e. The molecule has 1 fully saturated rings. The van der Waals surface area contributed by atoms with Crippen LogP contribution in [0.2, 0.25) is 0 Å². The lowest BCUT2D eigenvalue weighted by molar-refractivity contribution is -0.124. The summed E-state index contributed by atoms with van der Waals surface area (Å²) in [5.41, 5.74) is 6.08. The van der Waals surface area contributed by atoms with Gasteiger partial charge < -0.3 is 15.3 Å². The van der Waals surface area contributed by atoms with Gasteiger partial charge in [-0.1, -0.05) is 53.8 Å². The summed E-state index contributed by atoms with van der Waals surface area (Å²) < 4.78 is 0.334. The molecular weight excluding hydrogens is 454 g/mol. The molecule has 0 unspecified atom stereocenters. The van der Waals surface area contributed by atoms with Crippen LogP contribution in [-0.4, -0.2) is 48.8 Å². The van der Waals surface area contributed by atoms with Gasteiger partial charge in [0.1, 0.15) is 4.32 Å². The van der Waals surface area contributed by atoms with E-state index in [9.17, 15) is 29.7 Å². The van der Waals surface area contributed by atoms with E-state index in [1.54, 1.807) is 6.08 Å². The first kappa shape index (κ1) is 23.1. The van der Waals surface area contributed by atoms with Crippen LogP contribution in [0.1, 0.15) is 27.9 Å². The van der Waals surface area contributed by atoms with Crippen molar-refractivity contribution in [2.75, 3.05) is 6.54 Å². The summed E-state index contributed by atoms with van der Waals surface area (Å²) in [6.07, 6.45) is 1.61. The number of carbonyl (C=O) groups is 3. The van der Waals surface area contributed by atoms with Crippen molar-refractivity contribution in [1.29, 1.82) is 0 Å². The van der Waals surface area contributed by atoms with E-state index in [0.717, 1.165) is 35.0 Å². The maximum Gasteiger partial charge on any atom is 0.269 e. The normalized spacial score (nSPS) is 14.7. The van der Waals surface area contributed by atoms with Crippen molar-refractivity contribution in [1.82, 2.24) is 15.8 Å². The third-order valence-corrected chi connectivity index (χ3v) is 5.84. The predicted octanol–water partition coefficient (Wildman–Crippen LogP) is 2.16. The zero-order valence-electron chi connectivity index (χ0n) is 16.8. The monoisotopic (exact) mass is 473 g/mol. The third-order valence-electron chi connectivity index (χ3n) is 4.46. The number of amides is 3. The van der Waals surface area contributed by atoms with Gasteiger partial charge >= 0.3 is 0 Å². The second-order valence-corrected chi connectivity index (χ2v) is 8.54. The molecule has 1 saturated heterocycles. The highest BCUT2D eigenvalue weighted by Crippen LogP contribution is 2.35. The van der Waals surface area contributed by atoms with E-state index in [1.165, 1.54) is 4.90 Å². The summed E-state index contributed by atoms with van der Waals surface area (Å²) in [5.74, 6) is -3.83. The fourth-order valence-electron chi connectivity index (χ4n) is 2.72. The second-order valence-electron chi connectivity index (χ2n) is 6.86. The van der Waals surface area contributed by atoms with Gasteiger partial charge in [-0.3, -0.25) is 30.1 Å². The molecule has 0 radical (unpaired) electrons. The first-order valence-corrected chi connectivity index (χ1v) is 10.5. The van der Waals surface area contributed by atoms with E-state index in [-0.39, 0.29) is 24.4 Å². The van der Waals surface area contributed by atoms with Crippen molar-refractivity contribution in [3.63, 3.8) is 0 Å². The summed E-state index contributed by atoms with van der Waals surface area (Å²) in [4.78, 5) is 38.5. The Morgan fingerprint density at radius 2 is 1.72 bits per heavy atom. The highest BCUT2D eigenvalue weighted by molar-refractivity contribution is 8.26. The van der Waals surface area contributed by atoms with Crippen LogP contribution >= 0.6 is 24.0 Å².